The third kappa shape index (κ3) is 3.31. The lowest BCUT2D eigenvalue weighted by Gasteiger charge is -2.18. The predicted molar refractivity (Wildman–Crippen MR) is 184 cm³/mol. The van der Waals surface area contributed by atoms with Gasteiger partial charge in [-0.1, -0.05) is 103 Å². The van der Waals surface area contributed by atoms with Gasteiger partial charge in [0.25, 0.3) is 0 Å². The highest BCUT2D eigenvalue weighted by molar-refractivity contribution is 6.23. The highest BCUT2D eigenvalue weighted by Gasteiger charge is 2.19. The Morgan fingerprint density at radius 1 is 0.318 bits per heavy atom. The van der Waals surface area contributed by atoms with Crippen molar-refractivity contribution in [3.8, 4) is 22.3 Å². The summed E-state index contributed by atoms with van der Waals surface area (Å²) in [5.41, 5.74) is -4.79. The van der Waals surface area contributed by atoms with Crippen molar-refractivity contribution in [1.82, 2.24) is 0 Å². The molecule has 0 aliphatic carbocycles. The van der Waals surface area contributed by atoms with Gasteiger partial charge >= 0.3 is 0 Å². The van der Waals surface area contributed by atoms with Crippen LogP contribution >= 0.6 is 0 Å². The lowest BCUT2D eigenvalue weighted by Crippen LogP contribution is -1.90. The van der Waals surface area contributed by atoms with E-state index >= 15 is 0 Å². The van der Waals surface area contributed by atoms with E-state index in [0.29, 0.717) is 0 Å². The van der Waals surface area contributed by atoms with E-state index in [1.54, 1.807) is 0 Å². The molecule has 0 aliphatic rings. The standard InChI is InChI=1S/C42H24O2/c1-2-10-26-24-40-36(21-25(26)9-1)35-23-28(18-20-39(35)44-40)42-32-14-5-3-12-30(32)41(31-13-4-6-15-33(31)42)27-17-19-38-34(22-27)29-11-7-8-16-37(29)43-38/h1-24H/i1D,2D,3D,4D,5D,6D,7D,8D,9D,10D,11D,12D,13D,14D,15D,16D,17D,18D,19D,20D,21D,22D,23D,24D. The summed E-state index contributed by atoms with van der Waals surface area (Å²) in [4.78, 5) is 0. The van der Waals surface area contributed by atoms with Gasteiger partial charge in [0.1, 0.15) is 22.3 Å². The van der Waals surface area contributed by atoms with Gasteiger partial charge in [-0.05, 0) is 96.9 Å². The zero-order valence-corrected chi connectivity index (χ0v) is 21.8. The van der Waals surface area contributed by atoms with Gasteiger partial charge in [-0.25, -0.2) is 0 Å². The monoisotopic (exact) mass is 584 g/mol. The van der Waals surface area contributed by atoms with E-state index in [-0.39, 0.29) is 0 Å². The Morgan fingerprint density at radius 3 is 1.32 bits per heavy atom. The van der Waals surface area contributed by atoms with Crippen LogP contribution in [-0.2, 0) is 0 Å². The van der Waals surface area contributed by atoms with Crippen LogP contribution < -0.4 is 0 Å². The molecular formula is C42H24O2. The molecule has 0 atom stereocenters. The first-order valence-electron chi connectivity index (χ1n) is 25.1. The molecule has 0 saturated heterocycles. The highest BCUT2D eigenvalue weighted by atomic mass is 16.3. The Morgan fingerprint density at radius 2 is 0.727 bits per heavy atom. The minimum absolute atomic E-state index is 0.394. The summed E-state index contributed by atoms with van der Waals surface area (Å²) in [5.74, 6) is 0. The second kappa shape index (κ2) is 8.82. The maximum absolute atomic E-state index is 9.78. The van der Waals surface area contributed by atoms with Crippen LogP contribution in [0.4, 0.5) is 0 Å². The van der Waals surface area contributed by atoms with E-state index in [9.17, 15) is 13.7 Å². The number of hydrogen-bond donors (Lipinski definition) is 0. The van der Waals surface area contributed by atoms with E-state index in [4.69, 9.17) is 28.0 Å². The van der Waals surface area contributed by atoms with Crippen molar-refractivity contribution < 1.29 is 41.7 Å². The Bertz CT molecular complexity index is 4050. The summed E-state index contributed by atoms with van der Waals surface area (Å²) < 4.78 is 227. The van der Waals surface area contributed by atoms with Gasteiger partial charge in [0.05, 0.1) is 32.9 Å². The first-order valence-corrected chi connectivity index (χ1v) is 13.1. The Balaban J connectivity index is 1.51. The minimum Gasteiger partial charge on any atom is -0.456 e. The zero-order valence-electron chi connectivity index (χ0n) is 45.8. The molecule has 0 fully saturated rings. The fourth-order valence-corrected chi connectivity index (χ4v) is 5.54. The molecule has 0 amide bonds. The summed E-state index contributed by atoms with van der Waals surface area (Å²) in [7, 11) is 0. The maximum Gasteiger partial charge on any atom is 0.136 e. The van der Waals surface area contributed by atoms with Crippen LogP contribution in [0, 0.1) is 0 Å². The highest BCUT2D eigenvalue weighted by Crippen LogP contribution is 2.45. The second-order valence-corrected chi connectivity index (χ2v) is 9.77. The number of hydrogen-bond acceptors (Lipinski definition) is 2. The number of benzene rings is 8. The van der Waals surface area contributed by atoms with E-state index in [0.717, 1.165) is 0 Å². The molecule has 0 spiro atoms. The van der Waals surface area contributed by atoms with E-state index in [1.807, 2.05) is 0 Å². The van der Waals surface area contributed by atoms with Crippen molar-refractivity contribution in [2.45, 2.75) is 0 Å². The summed E-state index contributed by atoms with van der Waals surface area (Å²) in [6.45, 7) is 0. The van der Waals surface area contributed by atoms with Crippen LogP contribution in [0.3, 0.4) is 0 Å². The van der Waals surface area contributed by atoms with Gasteiger partial charge in [0.15, 0.2) is 0 Å². The van der Waals surface area contributed by atoms with Crippen molar-refractivity contribution in [2.24, 2.45) is 0 Å². The minimum atomic E-state index is -0.938. The molecule has 2 aromatic heterocycles. The molecule has 2 heterocycles. The molecule has 0 bridgehead atoms. The van der Waals surface area contributed by atoms with Gasteiger partial charge in [0.2, 0.25) is 0 Å². The molecule has 2 nitrogen and oxygen atoms in total. The van der Waals surface area contributed by atoms with E-state index in [1.165, 1.54) is 0 Å². The summed E-state index contributed by atoms with van der Waals surface area (Å²) in [6, 6.07) is -19.6. The lowest BCUT2D eigenvalue weighted by atomic mass is 9.85. The topological polar surface area (TPSA) is 26.3 Å². The molecule has 44 heavy (non-hydrogen) atoms. The molecule has 0 aliphatic heterocycles. The van der Waals surface area contributed by atoms with Crippen molar-refractivity contribution >= 4 is 76.2 Å². The third-order valence-electron chi connectivity index (χ3n) is 7.40. The van der Waals surface area contributed by atoms with Gasteiger partial charge in [0, 0.05) is 21.5 Å². The third-order valence-corrected chi connectivity index (χ3v) is 7.40. The molecule has 0 N–H and O–H groups in total. The molecule has 204 valence electrons. The number of rotatable bonds is 2. The Labute approximate surface area is 286 Å². The largest absolute Gasteiger partial charge is 0.456 e. The summed E-state index contributed by atoms with van der Waals surface area (Å²) >= 11 is 0. The average Bonchev–Trinajstić information content (AvgIpc) is 3.92. The van der Waals surface area contributed by atoms with Crippen LogP contribution in [0.5, 0.6) is 0 Å². The van der Waals surface area contributed by atoms with Crippen molar-refractivity contribution in [3.05, 3.63) is 145 Å². The Kier molecular flexibility index (Phi) is 2.08. The van der Waals surface area contributed by atoms with Crippen molar-refractivity contribution in [1.29, 1.82) is 0 Å². The first-order chi connectivity index (χ1) is 31.8. The van der Waals surface area contributed by atoms with Gasteiger partial charge in [-0.15, -0.1) is 0 Å². The maximum atomic E-state index is 9.78. The molecule has 0 radical (unpaired) electrons. The van der Waals surface area contributed by atoms with Crippen LogP contribution in [0.2, 0.25) is 0 Å². The molecule has 8 aromatic carbocycles. The molecule has 0 unspecified atom stereocenters. The van der Waals surface area contributed by atoms with E-state index in [2.05, 4.69) is 0 Å². The fourth-order valence-electron chi connectivity index (χ4n) is 5.54. The number of furan rings is 2. The molecular weight excluding hydrogens is 536 g/mol. The van der Waals surface area contributed by atoms with Crippen LogP contribution in [0.15, 0.2) is 154 Å². The van der Waals surface area contributed by atoms with Crippen molar-refractivity contribution in [2.75, 3.05) is 0 Å². The summed E-state index contributed by atoms with van der Waals surface area (Å²) in [5, 5.41) is -5.23. The van der Waals surface area contributed by atoms with Crippen LogP contribution in [0.1, 0.15) is 32.9 Å². The van der Waals surface area contributed by atoms with E-state index < -0.39 is 243 Å². The number of fused-ring (bicyclic) bond motifs is 9. The average molecular weight is 585 g/mol. The second-order valence-electron chi connectivity index (χ2n) is 9.77. The first kappa shape index (κ1) is 10.4. The summed E-state index contributed by atoms with van der Waals surface area (Å²) in [6.07, 6.45) is 0. The SMILES string of the molecule is [2H]c1c([2H])c([2H])c2c(oc3c([2H])c([2H])c(-c4c5c([2H])c([2H])c([2H])c([2H])c5c(-c5c([2H])c([2H])c6oc7c([2H])c8c([2H])c([2H])c([2H])c([2H])c8c([2H])c7c6c5[2H])c5c([2H])c([2H])c([2H])c([2H])c45)c([2H])c32)c1[2H]. The molecule has 2 heteroatoms. The molecule has 10 rings (SSSR count). The van der Waals surface area contributed by atoms with Crippen LogP contribution in [-0.4, -0.2) is 0 Å². The van der Waals surface area contributed by atoms with Gasteiger partial charge in [-0.2, -0.15) is 0 Å². The number of para-hydroxylation sites is 1. The van der Waals surface area contributed by atoms with Crippen LogP contribution in [0.25, 0.3) is 98.4 Å². The molecule has 10 aromatic rings. The van der Waals surface area contributed by atoms with Crippen molar-refractivity contribution in [3.63, 3.8) is 0 Å². The quantitative estimate of drug-likeness (QED) is 0.189. The zero-order chi connectivity index (χ0) is 49.7. The molecule has 0 saturated carbocycles. The lowest BCUT2D eigenvalue weighted by molar-refractivity contribution is 0.669. The fraction of sp³-hybridized carbons (Fsp3) is 0. The van der Waals surface area contributed by atoms with Gasteiger partial charge < -0.3 is 8.83 Å². The normalized spacial score (nSPS) is 19.7. The smallest absolute Gasteiger partial charge is 0.136 e. The van der Waals surface area contributed by atoms with Gasteiger partial charge in [-0.3, -0.25) is 0 Å². The predicted octanol–water partition coefficient (Wildman–Crippen LogP) is 12.3. The Hall–Kier alpha value is -5.86.